The summed E-state index contributed by atoms with van der Waals surface area (Å²) in [6, 6.07) is 3.48. The quantitative estimate of drug-likeness (QED) is 0.775. The van der Waals surface area contributed by atoms with Crippen LogP contribution in [0.4, 0.5) is 0 Å². The number of hydrogen-bond donors (Lipinski definition) is 1. The maximum Gasteiger partial charge on any atom is 0.349 e. The number of esters is 1. The number of pyridine rings is 1. The van der Waals surface area contributed by atoms with Crippen LogP contribution in [0.15, 0.2) is 18.3 Å². The van der Waals surface area contributed by atoms with E-state index in [1.807, 2.05) is 0 Å². The van der Waals surface area contributed by atoms with Gasteiger partial charge in [-0.05, 0) is 31.9 Å². The fourth-order valence-electron chi connectivity index (χ4n) is 1.34. The third-order valence-corrected chi connectivity index (χ3v) is 2.24. The molecule has 1 N–H and O–H groups in total. The lowest BCUT2D eigenvalue weighted by Crippen LogP contribution is -2.39. The van der Waals surface area contributed by atoms with Gasteiger partial charge >= 0.3 is 5.97 Å². The average Bonchev–Trinajstić information content (AvgIpc) is 2.28. The zero-order valence-corrected chi connectivity index (χ0v) is 10.3. The Morgan fingerprint density at radius 3 is 2.82 bits per heavy atom. The standard InChI is InChI=1S/C12H17NO4/c1-12(2,11(15)16-3)17-10-8-9(5-7-14)4-6-13-10/h4,6,8,14H,5,7H2,1-3H3. The van der Waals surface area contributed by atoms with E-state index in [1.165, 1.54) is 7.11 Å². The van der Waals surface area contributed by atoms with Gasteiger partial charge in [-0.25, -0.2) is 9.78 Å². The molecule has 0 unspecified atom stereocenters. The lowest BCUT2D eigenvalue weighted by Gasteiger charge is -2.22. The Morgan fingerprint density at radius 1 is 1.53 bits per heavy atom. The van der Waals surface area contributed by atoms with Crippen molar-refractivity contribution in [2.45, 2.75) is 25.9 Å². The first-order valence-corrected chi connectivity index (χ1v) is 5.33. The fraction of sp³-hybridized carbons (Fsp3) is 0.500. The molecule has 0 aliphatic heterocycles. The summed E-state index contributed by atoms with van der Waals surface area (Å²) in [4.78, 5) is 15.4. The highest BCUT2D eigenvalue weighted by molar-refractivity contribution is 5.78. The molecule has 94 valence electrons. The number of aliphatic hydroxyl groups is 1. The molecule has 0 bridgehead atoms. The largest absolute Gasteiger partial charge is 0.466 e. The van der Waals surface area contributed by atoms with E-state index in [0.717, 1.165) is 5.56 Å². The third-order valence-electron chi connectivity index (χ3n) is 2.24. The minimum absolute atomic E-state index is 0.0594. The molecule has 17 heavy (non-hydrogen) atoms. The smallest absolute Gasteiger partial charge is 0.349 e. The Bertz CT molecular complexity index is 390. The van der Waals surface area contributed by atoms with Gasteiger partial charge in [-0.15, -0.1) is 0 Å². The second-order valence-corrected chi connectivity index (χ2v) is 4.08. The molecule has 1 aromatic heterocycles. The molecule has 1 aromatic rings. The third kappa shape index (κ3) is 3.71. The SMILES string of the molecule is COC(=O)C(C)(C)Oc1cc(CCO)ccn1. The Balaban J connectivity index is 2.80. The van der Waals surface area contributed by atoms with Crippen LogP contribution in [0.5, 0.6) is 5.88 Å². The summed E-state index contributed by atoms with van der Waals surface area (Å²) in [6.45, 7) is 3.28. The molecule has 5 heteroatoms. The van der Waals surface area contributed by atoms with Crippen LogP contribution in [-0.4, -0.2) is 35.4 Å². The first kappa shape index (κ1) is 13.4. The number of carbonyl (C=O) groups excluding carboxylic acids is 1. The van der Waals surface area contributed by atoms with Crippen LogP contribution in [0.1, 0.15) is 19.4 Å². The van der Waals surface area contributed by atoms with Crippen molar-refractivity contribution in [3.63, 3.8) is 0 Å². The van der Waals surface area contributed by atoms with Gasteiger partial charge in [-0.1, -0.05) is 0 Å². The van der Waals surface area contributed by atoms with Crippen molar-refractivity contribution in [1.29, 1.82) is 0 Å². The van der Waals surface area contributed by atoms with E-state index in [-0.39, 0.29) is 6.61 Å². The molecule has 0 aliphatic rings. The summed E-state index contributed by atoms with van der Waals surface area (Å²) in [5.41, 5.74) is -0.183. The first-order chi connectivity index (χ1) is 7.99. The van der Waals surface area contributed by atoms with Crippen molar-refractivity contribution in [2.75, 3.05) is 13.7 Å². The zero-order chi connectivity index (χ0) is 12.9. The Labute approximate surface area is 100 Å². The maximum absolute atomic E-state index is 11.4. The molecule has 0 amide bonds. The van der Waals surface area contributed by atoms with E-state index >= 15 is 0 Å². The van der Waals surface area contributed by atoms with Crippen LogP contribution in [0, 0.1) is 0 Å². The summed E-state index contributed by atoms with van der Waals surface area (Å²) in [5.74, 6) is -0.127. The van der Waals surface area contributed by atoms with Crippen LogP contribution in [0.2, 0.25) is 0 Å². The average molecular weight is 239 g/mol. The van der Waals surface area contributed by atoms with Crippen LogP contribution in [0.25, 0.3) is 0 Å². The van der Waals surface area contributed by atoms with Gasteiger partial charge in [0.15, 0.2) is 0 Å². The minimum atomic E-state index is -1.08. The van der Waals surface area contributed by atoms with Crippen molar-refractivity contribution < 1.29 is 19.4 Å². The highest BCUT2D eigenvalue weighted by atomic mass is 16.6. The van der Waals surface area contributed by atoms with Gasteiger partial charge in [0.1, 0.15) is 0 Å². The number of hydrogen-bond acceptors (Lipinski definition) is 5. The van der Waals surface area contributed by atoms with Gasteiger partial charge < -0.3 is 14.6 Å². The number of aromatic nitrogens is 1. The predicted molar refractivity (Wildman–Crippen MR) is 61.7 cm³/mol. The molecule has 1 heterocycles. The van der Waals surface area contributed by atoms with Crippen LogP contribution in [-0.2, 0) is 16.0 Å². The highest BCUT2D eigenvalue weighted by Gasteiger charge is 2.31. The second-order valence-electron chi connectivity index (χ2n) is 4.08. The van der Waals surface area contributed by atoms with Crippen LogP contribution >= 0.6 is 0 Å². The predicted octanol–water partition coefficient (Wildman–Crippen LogP) is 0.947. The monoisotopic (exact) mass is 239 g/mol. The second kappa shape index (κ2) is 5.63. The van der Waals surface area contributed by atoms with E-state index in [2.05, 4.69) is 9.72 Å². The molecular weight excluding hydrogens is 222 g/mol. The topological polar surface area (TPSA) is 68.7 Å². The molecule has 0 saturated carbocycles. The summed E-state index contributed by atoms with van der Waals surface area (Å²) in [5, 5.41) is 8.83. The van der Waals surface area contributed by atoms with Gasteiger partial charge in [0.25, 0.3) is 0 Å². The van der Waals surface area contributed by atoms with Crippen LogP contribution < -0.4 is 4.74 Å². The molecule has 0 spiro atoms. The van der Waals surface area contributed by atoms with Crippen molar-refractivity contribution in [2.24, 2.45) is 0 Å². The number of carbonyl (C=O) groups is 1. The lowest BCUT2D eigenvalue weighted by atomic mass is 10.1. The number of nitrogens with zero attached hydrogens (tertiary/aromatic N) is 1. The van der Waals surface area contributed by atoms with Crippen molar-refractivity contribution in [1.82, 2.24) is 4.98 Å². The molecule has 0 aliphatic carbocycles. The van der Waals surface area contributed by atoms with Gasteiger partial charge in [-0.2, -0.15) is 0 Å². The van der Waals surface area contributed by atoms with E-state index in [1.54, 1.807) is 32.2 Å². The lowest BCUT2D eigenvalue weighted by molar-refractivity contribution is -0.156. The summed E-state index contributed by atoms with van der Waals surface area (Å²) >= 11 is 0. The summed E-state index contributed by atoms with van der Waals surface area (Å²) in [6.07, 6.45) is 2.10. The van der Waals surface area contributed by atoms with Gasteiger partial charge in [0, 0.05) is 18.9 Å². The number of ether oxygens (including phenoxy) is 2. The normalized spacial score (nSPS) is 11.1. The van der Waals surface area contributed by atoms with Gasteiger partial charge in [-0.3, -0.25) is 0 Å². The van der Waals surface area contributed by atoms with Gasteiger partial charge in [0.2, 0.25) is 11.5 Å². The molecule has 0 aromatic carbocycles. The fourth-order valence-corrected chi connectivity index (χ4v) is 1.34. The highest BCUT2D eigenvalue weighted by Crippen LogP contribution is 2.18. The molecule has 5 nitrogen and oxygen atoms in total. The summed E-state index contributed by atoms with van der Waals surface area (Å²) < 4.78 is 10.1. The van der Waals surface area contributed by atoms with Crippen molar-refractivity contribution in [3.05, 3.63) is 23.9 Å². The maximum atomic E-state index is 11.4. The molecule has 0 atom stereocenters. The summed E-state index contributed by atoms with van der Waals surface area (Å²) in [7, 11) is 1.31. The molecule has 0 saturated heterocycles. The van der Waals surface area contributed by atoms with Crippen molar-refractivity contribution in [3.8, 4) is 5.88 Å². The first-order valence-electron chi connectivity index (χ1n) is 5.33. The zero-order valence-electron chi connectivity index (χ0n) is 10.3. The molecule has 1 rings (SSSR count). The van der Waals surface area contributed by atoms with Gasteiger partial charge in [0.05, 0.1) is 7.11 Å². The minimum Gasteiger partial charge on any atom is -0.466 e. The number of aliphatic hydroxyl groups excluding tert-OH is 1. The Kier molecular flexibility index (Phi) is 4.45. The van der Waals surface area contributed by atoms with Crippen molar-refractivity contribution >= 4 is 5.97 Å². The molecule has 0 fully saturated rings. The van der Waals surface area contributed by atoms with E-state index in [0.29, 0.717) is 12.3 Å². The number of methoxy groups -OCH3 is 1. The molecular formula is C12H17NO4. The molecule has 0 radical (unpaired) electrons. The Morgan fingerprint density at radius 2 is 2.24 bits per heavy atom. The number of rotatable bonds is 5. The van der Waals surface area contributed by atoms with E-state index < -0.39 is 11.6 Å². The van der Waals surface area contributed by atoms with Crippen LogP contribution in [0.3, 0.4) is 0 Å². The Hall–Kier alpha value is -1.62. The van der Waals surface area contributed by atoms with E-state index in [9.17, 15) is 4.79 Å². The van der Waals surface area contributed by atoms with E-state index in [4.69, 9.17) is 9.84 Å².